The molecule has 1 N–H and O–H groups in total. The molecule has 0 radical (unpaired) electrons. The molecule has 3 aromatic carbocycles. The summed E-state index contributed by atoms with van der Waals surface area (Å²) in [7, 11) is 0. The van der Waals surface area contributed by atoms with Crippen LogP contribution in [0.1, 0.15) is 60.6 Å². The first-order chi connectivity index (χ1) is 16.8. The Hall–Kier alpha value is -2.43. The number of hydrogen-bond acceptors (Lipinski definition) is 4. The van der Waals surface area contributed by atoms with E-state index in [1.807, 2.05) is 23.9 Å². The maximum atomic E-state index is 10.2. The van der Waals surface area contributed by atoms with Crippen molar-refractivity contribution < 1.29 is 9.84 Å². The third-order valence-electron chi connectivity index (χ3n) is 7.20. The summed E-state index contributed by atoms with van der Waals surface area (Å²) in [4.78, 5) is 3.95. The molecule has 34 heavy (non-hydrogen) atoms. The number of likely N-dealkylation sites (tertiary alicyclic amines) is 1. The normalized spacial score (nSPS) is 20.1. The zero-order valence-corrected chi connectivity index (χ0v) is 20.7. The lowest BCUT2D eigenvalue weighted by Crippen LogP contribution is -2.25. The Balaban J connectivity index is 1.24. The van der Waals surface area contributed by atoms with Gasteiger partial charge in [0.15, 0.2) is 0 Å². The van der Waals surface area contributed by atoms with E-state index in [1.165, 1.54) is 73.5 Å². The molecule has 0 aliphatic carbocycles. The van der Waals surface area contributed by atoms with Crippen LogP contribution in [0.15, 0.2) is 77.7 Å². The summed E-state index contributed by atoms with van der Waals surface area (Å²) in [5, 5.41) is 10.2. The van der Waals surface area contributed by atoms with Crippen LogP contribution in [0.25, 0.3) is 0 Å². The molecule has 0 aromatic heterocycles. The van der Waals surface area contributed by atoms with E-state index in [4.69, 9.17) is 4.74 Å². The maximum Gasteiger partial charge on any atom is 0.123 e. The first-order valence-corrected chi connectivity index (χ1v) is 13.7. The van der Waals surface area contributed by atoms with Crippen LogP contribution in [0.2, 0.25) is 0 Å². The van der Waals surface area contributed by atoms with Crippen LogP contribution in [0.5, 0.6) is 11.5 Å². The molecule has 1 fully saturated rings. The van der Waals surface area contributed by atoms with E-state index in [0.717, 1.165) is 11.3 Å². The highest BCUT2D eigenvalue weighted by Crippen LogP contribution is 2.47. The number of benzene rings is 3. The Kier molecular flexibility index (Phi) is 7.77. The van der Waals surface area contributed by atoms with E-state index in [2.05, 4.69) is 59.5 Å². The van der Waals surface area contributed by atoms with Gasteiger partial charge in [-0.05, 0) is 92.5 Å². The number of hydrogen-bond donors (Lipinski definition) is 1. The van der Waals surface area contributed by atoms with Crippen LogP contribution in [-0.4, -0.2) is 42.0 Å². The predicted octanol–water partition coefficient (Wildman–Crippen LogP) is 7.06. The van der Waals surface area contributed by atoms with Gasteiger partial charge in [0.1, 0.15) is 11.5 Å². The SMILES string of the molecule is Oc1ccc2c(c1)C(c1ccc(SCCCCCN3CCCC3)cc1)C(c1ccccc1)CO2. The van der Waals surface area contributed by atoms with E-state index in [9.17, 15) is 5.11 Å². The number of unbranched alkanes of at least 4 members (excludes halogenated alkanes) is 2. The third-order valence-corrected chi connectivity index (χ3v) is 8.30. The van der Waals surface area contributed by atoms with Crippen LogP contribution in [0.4, 0.5) is 0 Å². The molecule has 1 saturated heterocycles. The van der Waals surface area contributed by atoms with Crippen molar-refractivity contribution in [3.63, 3.8) is 0 Å². The summed E-state index contributed by atoms with van der Waals surface area (Å²) in [5.74, 6) is 2.72. The van der Waals surface area contributed by atoms with E-state index in [0.29, 0.717) is 6.61 Å². The van der Waals surface area contributed by atoms with Crippen molar-refractivity contribution in [2.45, 2.75) is 48.8 Å². The molecule has 2 atom stereocenters. The topological polar surface area (TPSA) is 32.7 Å². The molecule has 178 valence electrons. The lowest BCUT2D eigenvalue weighted by atomic mass is 9.76. The highest BCUT2D eigenvalue weighted by Gasteiger charge is 2.33. The molecule has 4 heteroatoms. The highest BCUT2D eigenvalue weighted by atomic mass is 32.2. The lowest BCUT2D eigenvalue weighted by molar-refractivity contribution is 0.248. The van der Waals surface area contributed by atoms with Gasteiger partial charge in [-0.15, -0.1) is 11.8 Å². The Bertz CT molecular complexity index is 1050. The van der Waals surface area contributed by atoms with Crippen molar-refractivity contribution in [2.24, 2.45) is 0 Å². The molecule has 0 saturated carbocycles. The molecule has 3 aromatic rings. The molecule has 0 amide bonds. The first kappa shape index (κ1) is 23.3. The highest BCUT2D eigenvalue weighted by molar-refractivity contribution is 7.99. The number of thioether (sulfide) groups is 1. The molecular weight excluding hydrogens is 438 g/mol. The number of aromatic hydroxyl groups is 1. The van der Waals surface area contributed by atoms with E-state index in [1.54, 1.807) is 6.07 Å². The van der Waals surface area contributed by atoms with Gasteiger partial charge in [0.2, 0.25) is 0 Å². The number of rotatable bonds is 9. The summed E-state index contributed by atoms with van der Waals surface area (Å²) in [6, 6.07) is 25.2. The molecule has 3 nitrogen and oxygen atoms in total. The zero-order valence-electron chi connectivity index (χ0n) is 19.9. The van der Waals surface area contributed by atoms with Crippen LogP contribution in [0, 0.1) is 0 Å². The van der Waals surface area contributed by atoms with Crippen molar-refractivity contribution in [1.29, 1.82) is 0 Å². The molecule has 0 bridgehead atoms. The molecule has 2 aliphatic rings. The fraction of sp³-hybridized carbons (Fsp3) is 0.400. The van der Waals surface area contributed by atoms with Gasteiger partial charge in [0, 0.05) is 22.3 Å². The van der Waals surface area contributed by atoms with Gasteiger partial charge >= 0.3 is 0 Å². The van der Waals surface area contributed by atoms with Crippen molar-refractivity contribution in [3.8, 4) is 11.5 Å². The molecule has 0 spiro atoms. The van der Waals surface area contributed by atoms with E-state index in [-0.39, 0.29) is 17.6 Å². The number of phenolic OH excluding ortho intramolecular Hbond substituents is 1. The van der Waals surface area contributed by atoms with E-state index >= 15 is 0 Å². The molecular formula is C30H35NO2S. The number of phenols is 1. The second-order valence-electron chi connectivity index (χ2n) is 9.55. The van der Waals surface area contributed by atoms with Gasteiger partial charge in [-0.3, -0.25) is 0 Å². The lowest BCUT2D eigenvalue weighted by Gasteiger charge is -2.34. The Morgan fingerprint density at radius 1 is 0.853 bits per heavy atom. The fourth-order valence-electron chi connectivity index (χ4n) is 5.39. The van der Waals surface area contributed by atoms with Crippen molar-refractivity contribution >= 4 is 11.8 Å². The van der Waals surface area contributed by atoms with Crippen molar-refractivity contribution in [2.75, 3.05) is 32.0 Å². The minimum Gasteiger partial charge on any atom is -0.508 e. The molecule has 5 rings (SSSR count). The molecule has 2 heterocycles. The zero-order chi connectivity index (χ0) is 23.2. The summed E-state index contributed by atoms with van der Waals surface area (Å²) in [6.07, 6.45) is 6.71. The summed E-state index contributed by atoms with van der Waals surface area (Å²) >= 11 is 1.97. The fourth-order valence-corrected chi connectivity index (χ4v) is 6.30. The number of nitrogens with zero attached hydrogens (tertiary/aromatic N) is 1. The summed E-state index contributed by atoms with van der Waals surface area (Å²) < 4.78 is 6.12. The Morgan fingerprint density at radius 2 is 1.65 bits per heavy atom. The second kappa shape index (κ2) is 11.3. The van der Waals surface area contributed by atoms with Crippen LogP contribution < -0.4 is 4.74 Å². The average molecular weight is 474 g/mol. The van der Waals surface area contributed by atoms with Gasteiger partial charge in [0.05, 0.1) is 6.61 Å². The van der Waals surface area contributed by atoms with Crippen LogP contribution in [0.3, 0.4) is 0 Å². The van der Waals surface area contributed by atoms with Gasteiger partial charge in [-0.25, -0.2) is 0 Å². The van der Waals surface area contributed by atoms with Crippen molar-refractivity contribution in [3.05, 3.63) is 89.5 Å². The quantitative estimate of drug-likeness (QED) is 0.266. The number of fused-ring (bicyclic) bond motifs is 1. The summed E-state index contributed by atoms with van der Waals surface area (Å²) in [6.45, 7) is 4.54. The monoisotopic (exact) mass is 473 g/mol. The standard InChI is InChI=1S/C30H35NO2S/c32-25-13-16-29-27(21-25)30(28(22-33-29)23-9-3-1-4-10-23)24-11-14-26(15-12-24)34-20-8-2-5-17-31-18-6-7-19-31/h1,3-4,9-16,21,28,30,32H,2,5-8,17-20,22H2. The summed E-state index contributed by atoms with van der Waals surface area (Å²) in [5.41, 5.74) is 3.62. The van der Waals surface area contributed by atoms with Crippen molar-refractivity contribution in [1.82, 2.24) is 4.90 Å². The first-order valence-electron chi connectivity index (χ1n) is 12.7. The largest absolute Gasteiger partial charge is 0.508 e. The predicted molar refractivity (Wildman–Crippen MR) is 141 cm³/mol. The van der Waals surface area contributed by atoms with Gasteiger partial charge in [-0.2, -0.15) is 0 Å². The van der Waals surface area contributed by atoms with Gasteiger partial charge in [-0.1, -0.05) is 48.9 Å². The van der Waals surface area contributed by atoms with Crippen LogP contribution >= 0.6 is 11.8 Å². The smallest absolute Gasteiger partial charge is 0.123 e. The minimum atomic E-state index is 0.155. The Labute approximate surface area is 208 Å². The average Bonchev–Trinajstić information content (AvgIpc) is 3.40. The van der Waals surface area contributed by atoms with Gasteiger partial charge in [0.25, 0.3) is 0 Å². The Morgan fingerprint density at radius 3 is 2.44 bits per heavy atom. The number of ether oxygens (including phenoxy) is 1. The van der Waals surface area contributed by atoms with Gasteiger partial charge < -0.3 is 14.7 Å². The molecule has 2 aliphatic heterocycles. The van der Waals surface area contributed by atoms with Crippen LogP contribution in [-0.2, 0) is 0 Å². The minimum absolute atomic E-state index is 0.155. The van der Waals surface area contributed by atoms with E-state index < -0.39 is 0 Å². The second-order valence-corrected chi connectivity index (χ2v) is 10.7. The third kappa shape index (κ3) is 5.61. The molecule has 2 unspecified atom stereocenters. The maximum absolute atomic E-state index is 10.2.